The first kappa shape index (κ1) is 20.9. The lowest BCUT2D eigenvalue weighted by atomic mass is 9.97. The summed E-state index contributed by atoms with van der Waals surface area (Å²) in [5, 5.41) is 14.3. The highest BCUT2D eigenvalue weighted by Gasteiger charge is 2.59. The molecule has 1 amide bonds. The number of pyridine rings is 2. The number of hydrogen-bond donors (Lipinski definition) is 3. The summed E-state index contributed by atoms with van der Waals surface area (Å²) in [5.41, 5.74) is 8.59. The largest absolute Gasteiger partial charge is 0.474 e. The number of nitrogens with two attached hydrogens (primary N) is 1. The summed E-state index contributed by atoms with van der Waals surface area (Å²) in [7, 11) is 2.04. The third-order valence-corrected chi connectivity index (χ3v) is 7.30. The Morgan fingerprint density at radius 2 is 2.03 bits per heavy atom. The Hall–Kier alpha value is -3.66. The Bertz CT molecular complexity index is 1340. The van der Waals surface area contributed by atoms with Gasteiger partial charge in [-0.1, -0.05) is 0 Å². The topological polar surface area (TPSA) is 117 Å². The van der Waals surface area contributed by atoms with E-state index in [9.17, 15) is 9.90 Å². The zero-order chi connectivity index (χ0) is 23.7. The van der Waals surface area contributed by atoms with Crippen LogP contribution in [-0.2, 0) is 0 Å². The second kappa shape index (κ2) is 7.42. The molecule has 1 aromatic carbocycles. The van der Waals surface area contributed by atoms with Gasteiger partial charge in [0.15, 0.2) is 5.82 Å². The van der Waals surface area contributed by atoms with Gasteiger partial charge in [-0.05, 0) is 48.9 Å². The maximum atomic E-state index is 15.4. The van der Waals surface area contributed by atoms with Crippen molar-refractivity contribution in [3.05, 3.63) is 35.9 Å². The van der Waals surface area contributed by atoms with Crippen molar-refractivity contribution in [1.29, 1.82) is 0 Å². The van der Waals surface area contributed by atoms with Crippen LogP contribution in [0.3, 0.4) is 0 Å². The van der Waals surface area contributed by atoms with E-state index in [2.05, 4.69) is 20.2 Å². The van der Waals surface area contributed by atoms with E-state index in [1.54, 1.807) is 18.3 Å². The Morgan fingerprint density at radius 1 is 1.26 bits per heavy atom. The minimum atomic E-state index is -1.04. The van der Waals surface area contributed by atoms with Gasteiger partial charge in [0, 0.05) is 48.5 Å². The number of aromatic nitrogens is 2. The van der Waals surface area contributed by atoms with Crippen molar-refractivity contribution in [1.82, 2.24) is 14.9 Å². The molecule has 0 bridgehead atoms. The van der Waals surface area contributed by atoms with E-state index in [-0.39, 0.29) is 11.7 Å². The molecule has 3 aliphatic rings. The Labute approximate surface area is 195 Å². The van der Waals surface area contributed by atoms with Crippen molar-refractivity contribution in [2.24, 2.45) is 11.8 Å². The molecule has 0 spiro atoms. The Kier molecular flexibility index (Phi) is 4.57. The van der Waals surface area contributed by atoms with Gasteiger partial charge in [-0.3, -0.25) is 4.90 Å². The van der Waals surface area contributed by atoms with Crippen LogP contribution < -0.4 is 20.7 Å². The van der Waals surface area contributed by atoms with Crippen LogP contribution in [0.15, 0.2) is 24.5 Å². The van der Waals surface area contributed by atoms with Crippen LogP contribution >= 0.6 is 0 Å². The van der Waals surface area contributed by atoms with Gasteiger partial charge in [0.25, 0.3) is 0 Å². The van der Waals surface area contributed by atoms with Gasteiger partial charge in [0.1, 0.15) is 18.1 Å². The van der Waals surface area contributed by atoms with Gasteiger partial charge < -0.3 is 25.8 Å². The third-order valence-electron chi connectivity index (χ3n) is 7.30. The molecule has 3 atom stereocenters. The summed E-state index contributed by atoms with van der Waals surface area (Å²) in [6.45, 7) is 4.78. The molecule has 4 heterocycles. The first-order valence-electron chi connectivity index (χ1n) is 11.3. The highest BCUT2D eigenvalue weighted by molar-refractivity contribution is 6.00. The maximum Gasteiger partial charge on any atom is 0.413 e. The molecule has 176 valence electrons. The lowest BCUT2D eigenvalue weighted by Crippen LogP contribution is -2.38. The molecule has 1 saturated carbocycles. The number of fused-ring (bicyclic) bond motifs is 3. The van der Waals surface area contributed by atoms with Crippen molar-refractivity contribution in [2.75, 3.05) is 49.2 Å². The number of benzene rings is 1. The Balaban J connectivity index is 1.45. The van der Waals surface area contributed by atoms with Crippen LogP contribution in [-0.4, -0.2) is 65.4 Å². The number of nitrogens with one attached hydrogen (secondary N) is 1. The van der Waals surface area contributed by atoms with Gasteiger partial charge in [-0.15, -0.1) is 0 Å². The number of anilines is 3. The fourth-order valence-corrected chi connectivity index (χ4v) is 5.57. The third kappa shape index (κ3) is 3.05. The lowest BCUT2D eigenvalue weighted by molar-refractivity contribution is 0.199. The average Bonchev–Trinajstić information content (AvgIpc) is 3.29. The van der Waals surface area contributed by atoms with Crippen LogP contribution in [0, 0.1) is 24.6 Å². The number of likely N-dealkylation sites (tertiary alicyclic amines) is 1. The van der Waals surface area contributed by atoms with Crippen molar-refractivity contribution >= 4 is 34.1 Å². The molecule has 2 aliphatic heterocycles. The second-order valence-electron chi connectivity index (χ2n) is 9.36. The van der Waals surface area contributed by atoms with Gasteiger partial charge in [0.05, 0.1) is 11.7 Å². The zero-order valence-corrected chi connectivity index (χ0v) is 18.9. The summed E-state index contributed by atoms with van der Waals surface area (Å²) in [6.07, 6.45) is 2.00. The monoisotopic (exact) mass is 464 g/mol. The van der Waals surface area contributed by atoms with E-state index >= 15 is 4.39 Å². The van der Waals surface area contributed by atoms with Crippen LogP contribution in [0.2, 0.25) is 0 Å². The van der Waals surface area contributed by atoms with Crippen molar-refractivity contribution < 1.29 is 19.0 Å². The predicted octanol–water partition coefficient (Wildman–Crippen LogP) is 3.18. The van der Waals surface area contributed by atoms with E-state index in [4.69, 9.17) is 10.5 Å². The summed E-state index contributed by atoms with van der Waals surface area (Å²) < 4.78 is 21.0. The normalized spacial score (nSPS) is 23.1. The summed E-state index contributed by atoms with van der Waals surface area (Å²) in [5.74, 6) is 0.886. The number of amides is 1. The quantitative estimate of drug-likeness (QED) is 0.506. The number of hydrogen-bond acceptors (Lipinski definition) is 7. The first-order valence-corrected chi connectivity index (χ1v) is 11.3. The lowest BCUT2D eigenvalue weighted by Gasteiger charge is -2.23. The molecule has 2 aromatic heterocycles. The fraction of sp³-hybridized carbons (Fsp3) is 0.375. The van der Waals surface area contributed by atoms with Crippen molar-refractivity contribution in [3.8, 4) is 17.0 Å². The van der Waals surface area contributed by atoms with E-state index < -0.39 is 11.9 Å². The molecule has 10 heteroatoms. The first-order chi connectivity index (χ1) is 16.3. The van der Waals surface area contributed by atoms with Gasteiger partial charge in [0.2, 0.25) is 5.88 Å². The van der Waals surface area contributed by atoms with Crippen LogP contribution in [0.1, 0.15) is 5.56 Å². The number of carboxylic acid groups (broad SMARTS) is 1. The highest BCUT2D eigenvalue weighted by atomic mass is 19.1. The molecule has 3 aromatic rings. The number of rotatable bonds is 3. The van der Waals surface area contributed by atoms with Crippen molar-refractivity contribution in [2.45, 2.75) is 13.0 Å². The maximum absolute atomic E-state index is 15.4. The molecule has 1 aliphatic carbocycles. The van der Waals surface area contributed by atoms with Gasteiger partial charge >= 0.3 is 6.09 Å². The molecular weight excluding hydrogens is 439 g/mol. The van der Waals surface area contributed by atoms with Crippen LogP contribution in [0.25, 0.3) is 21.9 Å². The summed E-state index contributed by atoms with van der Waals surface area (Å²) in [4.78, 5) is 24.5. The number of piperidine rings is 1. The fourth-order valence-electron chi connectivity index (χ4n) is 5.57. The Morgan fingerprint density at radius 3 is 2.76 bits per heavy atom. The molecule has 0 radical (unpaired) electrons. The molecular formula is C24H25FN6O3. The van der Waals surface area contributed by atoms with Gasteiger partial charge in [-0.25, -0.2) is 19.2 Å². The second-order valence-corrected chi connectivity index (χ2v) is 9.36. The minimum Gasteiger partial charge on any atom is -0.474 e. The average molecular weight is 465 g/mol. The van der Waals surface area contributed by atoms with E-state index in [1.807, 2.05) is 14.0 Å². The minimum absolute atomic E-state index is 0.0281. The molecule has 2 fully saturated rings. The predicted molar refractivity (Wildman–Crippen MR) is 127 cm³/mol. The molecule has 0 unspecified atom stereocenters. The number of carbonyl (C=O) groups is 1. The zero-order valence-electron chi connectivity index (χ0n) is 18.9. The number of nitrogen functional groups attached to an aromatic ring is 1. The van der Waals surface area contributed by atoms with E-state index in [1.165, 1.54) is 11.1 Å². The summed E-state index contributed by atoms with van der Waals surface area (Å²) in [6, 6.07) is 3.28. The van der Waals surface area contributed by atoms with E-state index in [0.29, 0.717) is 58.6 Å². The number of nitrogens with zero attached hydrogens (tertiary/aromatic N) is 4. The smallest absolute Gasteiger partial charge is 0.413 e. The highest BCUT2D eigenvalue weighted by Crippen LogP contribution is 2.50. The molecule has 9 nitrogen and oxygen atoms in total. The van der Waals surface area contributed by atoms with Crippen LogP contribution in [0.4, 0.5) is 26.4 Å². The molecule has 6 rings (SSSR count). The molecule has 1 saturated heterocycles. The standard InChI is InChI=1S/C24H25FN6O3/c1-11-14(7-29-23-21(11)27-3-4-34-23)13-5-12-6-18(28-8-15(12)20(26)19(13)25)31(24(32)33)22-16-9-30(2)10-17(16)22/h5-8,16-17,22,27H,3-4,9-10,26H2,1-2H3,(H,32,33)/t16-,17+,22-. The number of ether oxygens (including phenoxy) is 1. The van der Waals surface area contributed by atoms with Crippen LogP contribution in [0.5, 0.6) is 5.88 Å². The molecule has 4 N–H and O–H groups in total. The van der Waals surface area contributed by atoms with E-state index in [0.717, 1.165) is 24.3 Å². The summed E-state index contributed by atoms with van der Waals surface area (Å²) >= 11 is 0. The molecule has 34 heavy (non-hydrogen) atoms. The SMILES string of the molecule is Cc1c(-c2cc3cc(N(C(=O)O)[C@@H]4[C@@H]5CN(C)C[C@@H]54)ncc3c(N)c2F)cnc2c1NCCO2. The number of halogens is 1. The van der Waals surface area contributed by atoms with Gasteiger partial charge in [-0.2, -0.15) is 0 Å². The van der Waals surface area contributed by atoms with Crippen molar-refractivity contribution in [3.63, 3.8) is 0 Å².